The van der Waals surface area contributed by atoms with Crippen molar-refractivity contribution in [2.24, 2.45) is 0 Å². The van der Waals surface area contributed by atoms with Gasteiger partial charge in [-0.2, -0.15) is 0 Å². The van der Waals surface area contributed by atoms with E-state index < -0.39 is 0 Å². The first kappa shape index (κ1) is 14.9. The number of fused-ring (bicyclic) bond motifs is 1. The predicted octanol–water partition coefficient (Wildman–Crippen LogP) is 1.30. The molecule has 2 saturated heterocycles. The summed E-state index contributed by atoms with van der Waals surface area (Å²) < 4.78 is 2.04. The zero-order valence-electron chi connectivity index (χ0n) is 13.8. The van der Waals surface area contributed by atoms with Crippen LogP contribution in [0.1, 0.15) is 5.56 Å². The van der Waals surface area contributed by atoms with E-state index in [2.05, 4.69) is 51.0 Å². The van der Waals surface area contributed by atoms with Gasteiger partial charge in [0, 0.05) is 69.9 Å². The van der Waals surface area contributed by atoms with Crippen molar-refractivity contribution in [3.8, 4) is 5.69 Å². The van der Waals surface area contributed by atoms with Gasteiger partial charge in [0.1, 0.15) is 0 Å². The fourth-order valence-electron chi connectivity index (χ4n) is 3.76. The molecule has 0 spiro atoms. The van der Waals surface area contributed by atoms with E-state index in [9.17, 15) is 0 Å². The average molecular weight is 311 g/mol. The van der Waals surface area contributed by atoms with Crippen LogP contribution >= 0.6 is 0 Å². The van der Waals surface area contributed by atoms with Crippen LogP contribution in [0.4, 0.5) is 0 Å². The molecule has 3 heterocycles. The highest BCUT2D eigenvalue weighted by molar-refractivity contribution is 5.34. The number of hydrogen-bond acceptors (Lipinski definition) is 4. The molecule has 5 nitrogen and oxygen atoms in total. The highest BCUT2D eigenvalue weighted by atomic mass is 15.3. The monoisotopic (exact) mass is 311 g/mol. The van der Waals surface area contributed by atoms with Crippen LogP contribution in [0, 0.1) is 0 Å². The number of piperazine rings is 2. The van der Waals surface area contributed by atoms with Crippen LogP contribution in [0.25, 0.3) is 5.69 Å². The molecule has 2 aliphatic rings. The van der Waals surface area contributed by atoms with Gasteiger partial charge in [0.25, 0.3) is 0 Å². The molecule has 2 aliphatic heterocycles. The first-order valence-corrected chi connectivity index (χ1v) is 8.50. The lowest BCUT2D eigenvalue weighted by molar-refractivity contribution is 0.0175. The first-order valence-electron chi connectivity index (χ1n) is 8.50. The zero-order valence-corrected chi connectivity index (χ0v) is 13.8. The Balaban J connectivity index is 1.38. The van der Waals surface area contributed by atoms with E-state index in [0.717, 1.165) is 6.54 Å². The van der Waals surface area contributed by atoms with Gasteiger partial charge in [0.05, 0.1) is 6.33 Å². The summed E-state index contributed by atoms with van der Waals surface area (Å²) in [6.07, 6.45) is 5.64. The predicted molar refractivity (Wildman–Crippen MR) is 91.7 cm³/mol. The van der Waals surface area contributed by atoms with Crippen molar-refractivity contribution < 1.29 is 0 Å². The van der Waals surface area contributed by atoms with Crippen molar-refractivity contribution in [1.82, 2.24) is 24.3 Å². The number of imidazole rings is 1. The Hall–Kier alpha value is -1.69. The van der Waals surface area contributed by atoms with Gasteiger partial charge in [0.2, 0.25) is 0 Å². The molecule has 122 valence electrons. The van der Waals surface area contributed by atoms with E-state index in [4.69, 9.17) is 0 Å². The summed E-state index contributed by atoms with van der Waals surface area (Å²) in [6, 6.07) is 9.56. The van der Waals surface area contributed by atoms with Crippen molar-refractivity contribution in [3.05, 3.63) is 48.5 Å². The third kappa shape index (κ3) is 3.32. The second-order valence-corrected chi connectivity index (χ2v) is 6.82. The summed E-state index contributed by atoms with van der Waals surface area (Å²) >= 11 is 0. The molecule has 23 heavy (non-hydrogen) atoms. The minimum Gasteiger partial charge on any atom is -0.306 e. The van der Waals surface area contributed by atoms with Crippen LogP contribution in [-0.4, -0.2) is 76.6 Å². The van der Waals surface area contributed by atoms with Gasteiger partial charge in [-0.05, 0) is 24.7 Å². The third-order valence-electron chi connectivity index (χ3n) is 5.13. The van der Waals surface area contributed by atoms with E-state index in [0.29, 0.717) is 6.04 Å². The van der Waals surface area contributed by atoms with Crippen LogP contribution in [-0.2, 0) is 6.54 Å². The fourth-order valence-corrected chi connectivity index (χ4v) is 3.76. The van der Waals surface area contributed by atoms with Crippen molar-refractivity contribution in [2.45, 2.75) is 12.6 Å². The van der Waals surface area contributed by atoms with E-state index >= 15 is 0 Å². The maximum absolute atomic E-state index is 4.11. The Morgan fingerprint density at radius 1 is 1.04 bits per heavy atom. The molecule has 1 aromatic heterocycles. The SMILES string of the molecule is CN1CCN2CCN(Cc3ccc(-n4ccnc4)cc3)CC2C1. The normalized spacial score (nSPS) is 23.8. The lowest BCUT2D eigenvalue weighted by Gasteiger charge is -2.46. The molecule has 5 heteroatoms. The van der Waals surface area contributed by atoms with Crippen molar-refractivity contribution >= 4 is 0 Å². The summed E-state index contributed by atoms with van der Waals surface area (Å²) in [5.41, 5.74) is 2.57. The molecule has 1 unspecified atom stereocenters. The Labute approximate surface area is 138 Å². The molecule has 1 atom stereocenters. The maximum atomic E-state index is 4.11. The summed E-state index contributed by atoms with van der Waals surface area (Å²) in [6.45, 7) is 8.29. The maximum Gasteiger partial charge on any atom is 0.0991 e. The minimum atomic E-state index is 0.702. The molecule has 0 saturated carbocycles. The molecule has 4 rings (SSSR count). The molecule has 2 fully saturated rings. The van der Waals surface area contributed by atoms with Crippen LogP contribution in [0.3, 0.4) is 0 Å². The molecule has 2 aromatic rings. The summed E-state index contributed by atoms with van der Waals surface area (Å²) in [5.74, 6) is 0. The number of benzene rings is 1. The third-order valence-corrected chi connectivity index (χ3v) is 5.13. The first-order chi connectivity index (χ1) is 11.3. The smallest absolute Gasteiger partial charge is 0.0991 e. The average Bonchev–Trinajstić information content (AvgIpc) is 3.10. The largest absolute Gasteiger partial charge is 0.306 e. The van der Waals surface area contributed by atoms with Crippen LogP contribution in [0.15, 0.2) is 43.0 Å². The topological polar surface area (TPSA) is 27.5 Å². The van der Waals surface area contributed by atoms with Gasteiger partial charge in [-0.15, -0.1) is 0 Å². The van der Waals surface area contributed by atoms with Crippen LogP contribution in [0.5, 0.6) is 0 Å². The molecule has 0 amide bonds. The molecule has 0 N–H and O–H groups in total. The Bertz CT molecular complexity index is 621. The van der Waals surface area contributed by atoms with Crippen molar-refractivity contribution in [2.75, 3.05) is 46.3 Å². The lowest BCUT2D eigenvalue weighted by Crippen LogP contribution is -2.60. The summed E-state index contributed by atoms with van der Waals surface area (Å²) in [5, 5.41) is 0. The van der Waals surface area contributed by atoms with Gasteiger partial charge in [-0.3, -0.25) is 9.80 Å². The van der Waals surface area contributed by atoms with E-state index in [-0.39, 0.29) is 0 Å². The number of rotatable bonds is 3. The second kappa shape index (κ2) is 6.43. The number of aromatic nitrogens is 2. The Morgan fingerprint density at radius 3 is 2.65 bits per heavy atom. The zero-order chi connectivity index (χ0) is 15.6. The van der Waals surface area contributed by atoms with Crippen molar-refractivity contribution in [1.29, 1.82) is 0 Å². The van der Waals surface area contributed by atoms with Gasteiger partial charge >= 0.3 is 0 Å². The molecule has 0 bridgehead atoms. The summed E-state index contributed by atoms with van der Waals surface area (Å²) in [7, 11) is 2.24. The number of hydrogen-bond donors (Lipinski definition) is 0. The quantitative estimate of drug-likeness (QED) is 0.854. The van der Waals surface area contributed by atoms with Gasteiger partial charge in [-0.25, -0.2) is 4.98 Å². The Kier molecular flexibility index (Phi) is 4.16. The number of likely N-dealkylation sites (N-methyl/N-ethyl adjacent to an activating group) is 1. The fraction of sp³-hybridized carbons (Fsp3) is 0.500. The molecular weight excluding hydrogens is 286 g/mol. The molecule has 1 aromatic carbocycles. The van der Waals surface area contributed by atoms with E-state index in [1.54, 1.807) is 0 Å². The minimum absolute atomic E-state index is 0.702. The lowest BCUT2D eigenvalue weighted by atomic mass is 10.1. The van der Waals surface area contributed by atoms with E-state index in [1.807, 2.05) is 23.3 Å². The Morgan fingerprint density at radius 2 is 1.87 bits per heavy atom. The van der Waals surface area contributed by atoms with E-state index in [1.165, 1.54) is 50.5 Å². The van der Waals surface area contributed by atoms with Gasteiger partial charge in [0.15, 0.2) is 0 Å². The number of nitrogens with zero attached hydrogens (tertiary/aromatic N) is 5. The van der Waals surface area contributed by atoms with Gasteiger partial charge < -0.3 is 9.47 Å². The standard InChI is InChI=1S/C18H25N5/c1-20-8-10-22-11-9-21(14-18(22)13-20)12-16-2-4-17(5-3-16)23-7-6-19-15-23/h2-7,15,18H,8-14H2,1H3. The molecular formula is C18H25N5. The molecule has 0 aliphatic carbocycles. The highest BCUT2D eigenvalue weighted by Gasteiger charge is 2.30. The summed E-state index contributed by atoms with van der Waals surface area (Å²) in [4.78, 5) is 11.8. The highest BCUT2D eigenvalue weighted by Crippen LogP contribution is 2.17. The van der Waals surface area contributed by atoms with Gasteiger partial charge in [-0.1, -0.05) is 12.1 Å². The molecule has 0 radical (unpaired) electrons. The van der Waals surface area contributed by atoms with Crippen LogP contribution < -0.4 is 0 Å². The van der Waals surface area contributed by atoms with Crippen LogP contribution in [0.2, 0.25) is 0 Å². The second-order valence-electron chi connectivity index (χ2n) is 6.82. The van der Waals surface area contributed by atoms with Crippen molar-refractivity contribution in [3.63, 3.8) is 0 Å².